The number of amides is 2. The fourth-order valence-corrected chi connectivity index (χ4v) is 4.52. The minimum atomic E-state index is -0.0939. The average Bonchev–Trinajstić information content (AvgIpc) is 2.83. The highest BCUT2D eigenvalue weighted by Crippen LogP contribution is 2.21. The van der Waals surface area contributed by atoms with Gasteiger partial charge in [0, 0.05) is 54.5 Å². The summed E-state index contributed by atoms with van der Waals surface area (Å²) in [6, 6.07) is 19.1. The van der Waals surface area contributed by atoms with E-state index >= 15 is 0 Å². The third-order valence-corrected chi connectivity index (χ3v) is 6.25. The van der Waals surface area contributed by atoms with Crippen LogP contribution in [0.1, 0.15) is 21.7 Å². The number of thioether (sulfide) groups is 1. The molecule has 0 unspecified atom stereocenters. The summed E-state index contributed by atoms with van der Waals surface area (Å²) in [4.78, 5) is 37.8. The monoisotopic (exact) mass is 461 g/mol. The van der Waals surface area contributed by atoms with Crippen LogP contribution in [0.3, 0.4) is 0 Å². The first kappa shape index (κ1) is 22.8. The lowest BCUT2D eigenvalue weighted by Gasteiger charge is -2.36. The van der Waals surface area contributed by atoms with E-state index in [1.54, 1.807) is 0 Å². The van der Waals surface area contributed by atoms with Crippen LogP contribution in [0.15, 0.2) is 65.8 Å². The summed E-state index contributed by atoms with van der Waals surface area (Å²) in [7, 11) is 0. The number of carbonyl (C=O) groups is 2. The van der Waals surface area contributed by atoms with Crippen LogP contribution in [0.2, 0.25) is 0 Å². The van der Waals surface area contributed by atoms with Crippen LogP contribution in [-0.4, -0.2) is 58.6 Å². The van der Waals surface area contributed by atoms with E-state index in [1.165, 1.54) is 11.8 Å². The number of nitrogens with one attached hydrogen (secondary N) is 1. The molecule has 0 aliphatic carbocycles. The summed E-state index contributed by atoms with van der Waals surface area (Å²) in [5.41, 5.74) is 4.35. The number of hydrogen-bond donors (Lipinski definition) is 1. The van der Waals surface area contributed by atoms with Crippen molar-refractivity contribution in [2.24, 2.45) is 0 Å². The normalized spacial score (nSPS) is 13.6. The zero-order valence-electron chi connectivity index (χ0n) is 18.8. The van der Waals surface area contributed by atoms with Gasteiger partial charge in [-0.2, -0.15) is 0 Å². The lowest BCUT2D eigenvalue weighted by molar-refractivity contribution is -0.113. The van der Waals surface area contributed by atoms with Gasteiger partial charge >= 0.3 is 0 Å². The van der Waals surface area contributed by atoms with Gasteiger partial charge in [0.2, 0.25) is 5.91 Å². The second-order valence-electron chi connectivity index (χ2n) is 7.96. The standard InChI is InChI=1S/C25H27N5O2S/c1-18-16-19(2)27-25(26-18)33-17-23(31)28-21-8-10-22(11-9-21)29-12-14-30(15-13-29)24(32)20-6-4-3-5-7-20/h3-11,16H,12-15,17H2,1-2H3,(H,28,31). The van der Waals surface area contributed by atoms with Crippen LogP contribution in [0.4, 0.5) is 11.4 Å². The maximum Gasteiger partial charge on any atom is 0.253 e. The van der Waals surface area contributed by atoms with E-state index < -0.39 is 0 Å². The molecule has 1 fully saturated rings. The van der Waals surface area contributed by atoms with Crippen molar-refractivity contribution in [3.63, 3.8) is 0 Å². The molecule has 4 rings (SSSR count). The van der Waals surface area contributed by atoms with Crippen molar-refractivity contribution in [2.75, 3.05) is 42.1 Å². The molecule has 3 aromatic rings. The van der Waals surface area contributed by atoms with Crippen molar-refractivity contribution in [3.8, 4) is 0 Å². The molecule has 0 radical (unpaired) electrons. The van der Waals surface area contributed by atoms with E-state index in [2.05, 4.69) is 20.2 Å². The summed E-state index contributed by atoms with van der Waals surface area (Å²) in [5.74, 6) is 0.239. The number of aromatic nitrogens is 2. The Morgan fingerprint density at radius 3 is 2.18 bits per heavy atom. The molecule has 170 valence electrons. The fraction of sp³-hybridized carbons (Fsp3) is 0.280. The Hall–Kier alpha value is -3.39. The number of nitrogens with zero attached hydrogens (tertiary/aromatic N) is 4. The number of anilines is 2. The molecule has 2 heterocycles. The molecule has 1 N–H and O–H groups in total. The fourth-order valence-electron chi connectivity index (χ4n) is 3.77. The largest absolute Gasteiger partial charge is 0.368 e. The maximum atomic E-state index is 12.6. The highest BCUT2D eigenvalue weighted by molar-refractivity contribution is 7.99. The molecule has 1 aliphatic heterocycles. The molecule has 1 aliphatic rings. The van der Waals surface area contributed by atoms with E-state index in [0.29, 0.717) is 18.2 Å². The highest BCUT2D eigenvalue weighted by atomic mass is 32.2. The summed E-state index contributed by atoms with van der Waals surface area (Å²) in [6.45, 7) is 6.75. The van der Waals surface area contributed by atoms with Gasteiger partial charge in [0.15, 0.2) is 5.16 Å². The van der Waals surface area contributed by atoms with Crippen molar-refractivity contribution in [2.45, 2.75) is 19.0 Å². The molecule has 7 nitrogen and oxygen atoms in total. The molecule has 0 saturated carbocycles. The van der Waals surface area contributed by atoms with E-state index in [-0.39, 0.29) is 17.6 Å². The van der Waals surface area contributed by atoms with Crippen molar-refractivity contribution < 1.29 is 9.59 Å². The van der Waals surface area contributed by atoms with Crippen molar-refractivity contribution in [3.05, 3.63) is 77.6 Å². The van der Waals surface area contributed by atoms with Crippen molar-refractivity contribution in [1.29, 1.82) is 0 Å². The number of rotatable bonds is 6. The van der Waals surface area contributed by atoms with Gasteiger partial charge < -0.3 is 15.1 Å². The molecule has 0 spiro atoms. The lowest BCUT2D eigenvalue weighted by atomic mass is 10.1. The van der Waals surface area contributed by atoms with Gasteiger partial charge in [0.25, 0.3) is 5.91 Å². The third kappa shape index (κ3) is 6.10. The van der Waals surface area contributed by atoms with E-state index in [9.17, 15) is 9.59 Å². The molecule has 0 bridgehead atoms. The second-order valence-corrected chi connectivity index (χ2v) is 8.90. The Labute approximate surface area is 198 Å². The smallest absolute Gasteiger partial charge is 0.253 e. The molecule has 2 aromatic carbocycles. The summed E-state index contributed by atoms with van der Waals surface area (Å²) in [6.07, 6.45) is 0. The molecule has 1 saturated heterocycles. The van der Waals surface area contributed by atoms with Crippen LogP contribution in [-0.2, 0) is 4.79 Å². The van der Waals surface area contributed by atoms with Gasteiger partial charge in [-0.05, 0) is 56.3 Å². The first-order valence-corrected chi connectivity index (χ1v) is 11.9. The Morgan fingerprint density at radius 1 is 0.909 bits per heavy atom. The molecule has 33 heavy (non-hydrogen) atoms. The predicted octanol–water partition coefficient (Wildman–Crippen LogP) is 3.79. The van der Waals surface area contributed by atoms with Crippen molar-refractivity contribution >= 4 is 35.0 Å². The minimum Gasteiger partial charge on any atom is -0.368 e. The summed E-state index contributed by atoms with van der Waals surface area (Å²) >= 11 is 1.33. The van der Waals surface area contributed by atoms with Gasteiger partial charge in [-0.25, -0.2) is 9.97 Å². The first-order chi connectivity index (χ1) is 16.0. The third-order valence-electron chi connectivity index (χ3n) is 5.40. The average molecular weight is 462 g/mol. The van der Waals surface area contributed by atoms with Gasteiger partial charge in [-0.1, -0.05) is 30.0 Å². The van der Waals surface area contributed by atoms with Crippen LogP contribution in [0, 0.1) is 13.8 Å². The van der Waals surface area contributed by atoms with Gasteiger partial charge in [-0.15, -0.1) is 0 Å². The predicted molar refractivity (Wildman–Crippen MR) is 132 cm³/mol. The maximum absolute atomic E-state index is 12.6. The van der Waals surface area contributed by atoms with Gasteiger partial charge in [0.05, 0.1) is 5.75 Å². The molecule has 2 amide bonds. The molecular weight excluding hydrogens is 434 g/mol. The molecular formula is C25H27N5O2S. The Kier molecular flexibility index (Phi) is 7.24. The van der Waals surface area contributed by atoms with Gasteiger partial charge in [0.1, 0.15) is 0 Å². The first-order valence-electron chi connectivity index (χ1n) is 10.9. The SMILES string of the molecule is Cc1cc(C)nc(SCC(=O)Nc2ccc(N3CCN(C(=O)c4ccccc4)CC3)cc2)n1. The number of carbonyl (C=O) groups excluding carboxylic acids is 2. The summed E-state index contributed by atoms with van der Waals surface area (Å²) in [5, 5.41) is 3.54. The number of aryl methyl sites for hydroxylation is 2. The van der Waals surface area contributed by atoms with E-state index in [1.807, 2.05) is 79.4 Å². The zero-order valence-corrected chi connectivity index (χ0v) is 19.6. The van der Waals surface area contributed by atoms with Crippen LogP contribution < -0.4 is 10.2 Å². The molecule has 0 atom stereocenters. The topological polar surface area (TPSA) is 78.4 Å². The molecule has 8 heteroatoms. The van der Waals surface area contributed by atoms with Crippen LogP contribution in [0.25, 0.3) is 0 Å². The minimum absolute atomic E-state index is 0.0809. The van der Waals surface area contributed by atoms with E-state index in [4.69, 9.17) is 0 Å². The number of benzene rings is 2. The van der Waals surface area contributed by atoms with Crippen molar-refractivity contribution in [1.82, 2.24) is 14.9 Å². The summed E-state index contributed by atoms with van der Waals surface area (Å²) < 4.78 is 0. The Balaban J connectivity index is 1.26. The van der Waals surface area contributed by atoms with E-state index in [0.717, 1.165) is 41.4 Å². The van der Waals surface area contributed by atoms with Crippen LogP contribution in [0.5, 0.6) is 0 Å². The second kappa shape index (κ2) is 10.5. The molecule has 1 aromatic heterocycles. The number of hydrogen-bond acceptors (Lipinski definition) is 6. The quantitative estimate of drug-likeness (QED) is 0.445. The van der Waals surface area contributed by atoms with Gasteiger partial charge in [-0.3, -0.25) is 9.59 Å². The zero-order chi connectivity index (χ0) is 23.2. The Morgan fingerprint density at radius 2 is 1.55 bits per heavy atom. The highest BCUT2D eigenvalue weighted by Gasteiger charge is 2.22. The number of piperazine rings is 1. The Bertz CT molecular complexity index is 1090. The van der Waals surface area contributed by atoms with Crippen LogP contribution >= 0.6 is 11.8 Å². The lowest BCUT2D eigenvalue weighted by Crippen LogP contribution is -2.48.